The number of carbonyl (C=O) groups excluding carboxylic acids is 2. The zero-order valence-corrected chi connectivity index (χ0v) is 13.1. The van der Waals surface area contributed by atoms with Crippen LogP contribution in [-0.2, 0) is 9.53 Å². The number of esters is 1. The highest BCUT2D eigenvalue weighted by atomic mass is 16.5. The molecule has 1 atom stereocenters. The SMILES string of the molecule is COc1ccc([C@@H](CNC(=O)c2ccccc2)OC(C)=O)cc1. The number of benzene rings is 2. The molecule has 1 N–H and O–H groups in total. The first-order chi connectivity index (χ1) is 11.1. The Hall–Kier alpha value is -2.82. The third-order valence-electron chi connectivity index (χ3n) is 3.28. The average molecular weight is 313 g/mol. The molecular formula is C18H19NO4. The minimum Gasteiger partial charge on any atom is -0.497 e. The zero-order valence-electron chi connectivity index (χ0n) is 13.1. The number of ether oxygens (including phenoxy) is 2. The van der Waals surface area contributed by atoms with Crippen molar-refractivity contribution in [2.45, 2.75) is 13.0 Å². The molecule has 2 rings (SSSR count). The van der Waals surface area contributed by atoms with E-state index in [9.17, 15) is 9.59 Å². The summed E-state index contributed by atoms with van der Waals surface area (Å²) in [6.45, 7) is 1.54. The van der Waals surface area contributed by atoms with Crippen LogP contribution in [0.1, 0.15) is 28.9 Å². The minimum absolute atomic E-state index is 0.194. The fraction of sp³-hybridized carbons (Fsp3) is 0.222. The summed E-state index contributed by atoms with van der Waals surface area (Å²) in [6, 6.07) is 16.1. The summed E-state index contributed by atoms with van der Waals surface area (Å²) in [7, 11) is 1.58. The first-order valence-electron chi connectivity index (χ1n) is 7.24. The van der Waals surface area contributed by atoms with Gasteiger partial charge in [0.05, 0.1) is 13.7 Å². The van der Waals surface area contributed by atoms with Gasteiger partial charge in [-0.2, -0.15) is 0 Å². The topological polar surface area (TPSA) is 64.6 Å². The molecule has 0 radical (unpaired) electrons. The molecule has 120 valence electrons. The van der Waals surface area contributed by atoms with Crippen LogP contribution in [0.4, 0.5) is 0 Å². The zero-order chi connectivity index (χ0) is 16.7. The van der Waals surface area contributed by atoms with Crippen LogP contribution in [0.2, 0.25) is 0 Å². The first kappa shape index (κ1) is 16.5. The number of methoxy groups -OCH3 is 1. The quantitative estimate of drug-likeness (QED) is 0.833. The standard InChI is InChI=1S/C18H19NO4/c1-13(20)23-17(14-8-10-16(22-2)11-9-14)12-19-18(21)15-6-4-3-5-7-15/h3-11,17H,12H2,1-2H3,(H,19,21)/t17-/m1/s1. The van der Waals surface area contributed by atoms with Crippen molar-refractivity contribution in [3.63, 3.8) is 0 Å². The number of hydrogen-bond donors (Lipinski definition) is 1. The Labute approximate surface area is 135 Å². The second-order valence-electron chi connectivity index (χ2n) is 4.95. The lowest BCUT2D eigenvalue weighted by Crippen LogP contribution is -2.30. The molecular weight excluding hydrogens is 294 g/mol. The molecule has 0 fully saturated rings. The highest BCUT2D eigenvalue weighted by Gasteiger charge is 2.16. The lowest BCUT2D eigenvalue weighted by atomic mass is 10.1. The summed E-state index contributed by atoms with van der Waals surface area (Å²) in [4.78, 5) is 23.4. The molecule has 0 aliphatic heterocycles. The summed E-state index contributed by atoms with van der Waals surface area (Å²) >= 11 is 0. The molecule has 0 bridgehead atoms. The van der Waals surface area contributed by atoms with Crippen molar-refractivity contribution < 1.29 is 19.1 Å². The van der Waals surface area contributed by atoms with Gasteiger partial charge in [0.2, 0.25) is 0 Å². The second kappa shape index (κ2) is 7.98. The van der Waals surface area contributed by atoms with Crippen LogP contribution in [0.25, 0.3) is 0 Å². The van der Waals surface area contributed by atoms with Crippen molar-refractivity contribution in [2.75, 3.05) is 13.7 Å². The van der Waals surface area contributed by atoms with Gasteiger partial charge in [-0.05, 0) is 29.8 Å². The molecule has 0 saturated carbocycles. The van der Waals surface area contributed by atoms with Crippen molar-refractivity contribution in [1.29, 1.82) is 0 Å². The van der Waals surface area contributed by atoms with E-state index in [-0.39, 0.29) is 12.5 Å². The summed E-state index contributed by atoms with van der Waals surface area (Å²) in [5, 5.41) is 2.78. The fourth-order valence-electron chi connectivity index (χ4n) is 2.12. The van der Waals surface area contributed by atoms with Crippen molar-refractivity contribution in [2.24, 2.45) is 0 Å². The molecule has 1 amide bonds. The van der Waals surface area contributed by atoms with Gasteiger partial charge in [0.25, 0.3) is 5.91 Å². The Bertz CT molecular complexity index is 652. The van der Waals surface area contributed by atoms with Gasteiger partial charge in [0, 0.05) is 12.5 Å². The predicted octanol–water partition coefficient (Wildman–Crippen LogP) is 2.73. The number of nitrogens with one attached hydrogen (secondary N) is 1. The van der Waals surface area contributed by atoms with E-state index in [1.807, 2.05) is 6.07 Å². The van der Waals surface area contributed by atoms with Crippen molar-refractivity contribution >= 4 is 11.9 Å². The number of amides is 1. The molecule has 0 saturated heterocycles. The molecule has 0 heterocycles. The van der Waals surface area contributed by atoms with E-state index in [0.717, 1.165) is 5.56 Å². The Kier molecular flexibility index (Phi) is 5.74. The van der Waals surface area contributed by atoms with Gasteiger partial charge in [-0.3, -0.25) is 9.59 Å². The summed E-state index contributed by atoms with van der Waals surface area (Å²) in [6.07, 6.45) is -0.550. The monoisotopic (exact) mass is 313 g/mol. The van der Waals surface area contributed by atoms with Gasteiger partial charge in [-0.1, -0.05) is 30.3 Å². The second-order valence-corrected chi connectivity index (χ2v) is 4.95. The first-order valence-corrected chi connectivity index (χ1v) is 7.24. The Morgan fingerprint density at radius 1 is 1.04 bits per heavy atom. The molecule has 0 aromatic heterocycles. The van der Waals surface area contributed by atoms with Gasteiger partial charge >= 0.3 is 5.97 Å². The van der Waals surface area contributed by atoms with Crippen LogP contribution in [0.5, 0.6) is 5.75 Å². The number of rotatable bonds is 6. The van der Waals surface area contributed by atoms with E-state index >= 15 is 0 Å². The van der Waals surface area contributed by atoms with Crippen LogP contribution < -0.4 is 10.1 Å². The smallest absolute Gasteiger partial charge is 0.303 e. The molecule has 0 aliphatic rings. The van der Waals surface area contributed by atoms with Crippen molar-refractivity contribution in [3.8, 4) is 5.75 Å². The van der Waals surface area contributed by atoms with Crippen molar-refractivity contribution in [1.82, 2.24) is 5.32 Å². The third-order valence-corrected chi connectivity index (χ3v) is 3.28. The summed E-state index contributed by atoms with van der Waals surface area (Å²) < 4.78 is 10.4. The van der Waals surface area contributed by atoms with E-state index in [0.29, 0.717) is 11.3 Å². The number of hydrogen-bond acceptors (Lipinski definition) is 4. The highest BCUT2D eigenvalue weighted by Crippen LogP contribution is 2.20. The van der Waals surface area contributed by atoms with E-state index in [2.05, 4.69) is 5.32 Å². The Balaban J connectivity index is 2.06. The maximum absolute atomic E-state index is 12.1. The normalized spacial score (nSPS) is 11.4. The third kappa shape index (κ3) is 4.85. The predicted molar refractivity (Wildman–Crippen MR) is 86.3 cm³/mol. The molecule has 5 heteroatoms. The van der Waals surface area contributed by atoms with Crippen LogP contribution in [0, 0.1) is 0 Å². The molecule has 5 nitrogen and oxygen atoms in total. The van der Waals surface area contributed by atoms with E-state index in [1.54, 1.807) is 55.6 Å². The molecule has 23 heavy (non-hydrogen) atoms. The van der Waals surface area contributed by atoms with E-state index < -0.39 is 12.1 Å². The lowest BCUT2D eigenvalue weighted by Gasteiger charge is -2.18. The summed E-state index contributed by atoms with van der Waals surface area (Å²) in [5.41, 5.74) is 1.35. The van der Waals surface area contributed by atoms with Crippen molar-refractivity contribution in [3.05, 3.63) is 65.7 Å². The van der Waals surface area contributed by atoms with Gasteiger partial charge in [-0.25, -0.2) is 0 Å². The Morgan fingerprint density at radius 2 is 1.70 bits per heavy atom. The largest absolute Gasteiger partial charge is 0.497 e. The van der Waals surface area contributed by atoms with Gasteiger partial charge < -0.3 is 14.8 Å². The van der Waals surface area contributed by atoms with Gasteiger partial charge in [0.1, 0.15) is 11.9 Å². The van der Waals surface area contributed by atoms with Crippen LogP contribution in [0.15, 0.2) is 54.6 Å². The van der Waals surface area contributed by atoms with E-state index in [1.165, 1.54) is 6.92 Å². The minimum atomic E-state index is -0.550. The maximum Gasteiger partial charge on any atom is 0.303 e. The van der Waals surface area contributed by atoms with E-state index in [4.69, 9.17) is 9.47 Å². The molecule has 0 aliphatic carbocycles. The van der Waals surface area contributed by atoms with Crippen LogP contribution in [-0.4, -0.2) is 25.5 Å². The lowest BCUT2D eigenvalue weighted by molar-refractivity contribution is -0.146. The molecule has 0 spiro atoms. The average Bonchev–Trinajstić information content (AvgIpc) is 2.59. The van der Waals surface area contributed by atoms with Crippen LogP contribution in [0.3, 0.4) is 0 Å². The Morgan fingerprint density at radius 3 is 2.26 bits per heavy atom. The maximum atomic E-state index is 12.1. The van der Waals surface area contributed by atoms with Crippen LogP contribution >= 0.6 is 0 Å². The van der Waals surface area contributed by atoms with Gasteiger partial charge in [0.15, 0.2) is 0 Å². The molecule has 2 aromatic carbocycles. The summed E-state index contributed by atoms with van der Waals surface area (Å²) in [5.74, 6) is 0.0969. The fourth-order valence-corrected chi connectivity index (χ4v) is 2.12. The van der Waals surface area contributed by atoms with Gasteiger partial charge in [-0.15, -0.1) is 0 Å². The highest BCUT2D eigenvalue weighted by molar-refractivity contribution is 5.94. The number of carbonyl (C=O) groups is 2. The molecule has 2 aromatic rings. The molecule has 0 unspecified atom stereocenters.